The first-order valence-electron chi connectivity index (χ1n) is 15.3. The highest BCUT2D eigenvalue weighted by Gasteiger charge is 2.64. The monoisotopic (exact) mass is 562 g/mol. The van der Waals surface area contributed by atoms with E-state index in [0.717, 1.165) is 51.4 Å². The fraction of sp³-hybridized carbons (Fsp3) is 0.848. The van der Waals surface area contributed by atoms with Gasteiger partial charge in [0.05, 0.1) is 12.4 Å². The SMILES string of the molecule is CC(=O)O[C@H]1CC[C@]2(C)C3=C(CC[C@H]2C1(C)C)[C@]1(C)CC[C@H]([C@H](C)[C@H](CC=C(C)C)OS(C)(=O)=O)[C@@]1(C)CC3. The molecular weight excluding hydrogens is 508 g/mol. The van der Waals surface area contributed by atoms with Crippen molar-refractivity contribution in [2.24, 2.45) is 39.4 Å². The molecule has 2 saturated carbocycles. The van der Waals surface area contributed by atoms with Crippen LogP contribution in [0.2, 0.25) is 0 Å². The van der Waals surface area contributed by atoms with E-state index in [2.05, 4.69) is 61.5 Å². The summed E-state index contributed by atoms with van der Waals surface area (Å²) in [5.74, 6) is 0.898. The molecule has 0 aromatic rings. The average Bonchev–Trinajstić information content (AvgIpc) is 3.08. The Hall–Kier alpha value is -1.14. The maximum absolute atomic E-state index is 12.2. The number of allylic oxidation sites excluding steroid dienone is 3. The van der Waals surface area contributed by atoms with E-state index in [1.807, 2.05) is 0 Å². The van der Waals surface area contributed by atoms with Gasteiger partial charge in [-0.15, -0.1) is 0 Å². The molecule has 0 spiro atoms. The van der Waals surface area contributed by atoms with Crippen LogP contribution in [0.5, 0.6) is 0 Å². The minimum absolute atomic E-state index is 0.0102. The van der Waals surface area contributed by atoms with Crippen molar-refractivity contribution in [1.29, 1.82) is 0 Å². The van der Waals surface area contributed by atoms with E-state index in [1.54, 1.807) is 11.1 Å². The predicted molar refractivity (Wildman–Crippen MR) is 158 cm³/mol. The summed E-state index contributed by atoms with van der Waals surface area (Å²) in [6.45, 7) is 20.1. The van der Waals surface area contributed by atoms with Gasteiger partial charge in [-0.2, -0.15) is 8.42 Å². The molecule has 0 saturated heterocycles. The third-order valence-electron chi connectivity index (χ3n) is 12.3. The maximum Gasteiger partial charge on any atom is 0.302 e. The zero-order valence-corrected chi connectivity index (χ0v) is 27.1. The highest BCUT2D eigenvalue weighted by Crippen LogP contribution is 2.72. The first-order valence-corrected chi connectivity index (χ1v) is 17.1. The number of rotatable bonds is 7. The van der Waals surface area contributed by atoms with E-state index in [9.17, 15) is 13.2 Å². The smallest absolute Gasteiger partial charge is 0.302 e. The largest absolute Gasteiger partial charge is 0.462 e. The molecule has 0 aliphatic heterocycles. The number of esters is 1. The van der Waals surface area contributed by atoms with Gasteiger partial charge < -0.3 is 4.74 Å². The van der Waals surface area contributed by atoms with Gasteiger partial charge in [-0.1, -0.05) is 64.3 Å². The lowest BCUT2D eigenvalue weighted by molar-refractivity contribution is -0.167. The highest BCUT2D eigenvalue weighted by atomic mass is 32.2. The van der Waals surface area contributed by atoms with Crippen molar-refractivity contribution in [3.05, 3.63) is 22.8 Å². The van der Waals surface area contributed by atoms with Crippen molar-refractivity contribution in [2.45, 2.75) is 132 Å². The average molecular weight is 563 g/mol. The Morgan fingerprint density at radius 1 is 0.974 bits per heavy atom. The second kappa shape index (κ2) is 10.3. The van der Waals surface area contributed by atoms with Crippen LogP contribution in [-0.2, 0) is 23.8 Å². The van der Waals surface area contributed by atoms with Crippen molar-refractivity contribution >= 4 is 16.1 Å². The minimum Gasteiger partial charge on any atom is -0.462 e. The lowest BCUT2D eigenvalue weighted by Gasteiger charge is -2.62. The molecule has 222 valence electrons. The normalized spacial score (nSPS) is 39.2. The summed E-state index contributed by atoms with van der Waals surface area (Å²) in [6, 6.07) is 0. The van der Waals surface area contributed by atoms with Crippen LogP contribution < -0.4 is 0 Å². The van der Waals surface area contributed by atoms with Crippen LogP contribution in [0.1, 0.15) is 120 Å². The van der Waals surface area contributed by atoms with Crippen molar-refractivity contribution in [3.63, 3.8) is 0 Å². The molecule has 8 atom stereocenters. The fourth-order valence-electron chi connectivity index (χ4n) is 10.1. The van der Waals surface area contributed by atoms with E-state index in [4.69, 9.17) is 8.92 Å². The molecule has 0 heterocycles. The van der Waals surface area contributed by atoms with Crippen molar-refractivity contribution in [2.75, 3.05) is 6.26 Å². The summed E-state index contributed by atoms with van der Waals surface area (Å²) in [7, 11) is -3.54. The molecule has 0 N–H and O–H groups in total. The van der Waals surface area contributed by atoms with Crippen LogP contribution in [0.3, 0.4) is 0 Å². The van der Waals surface area contributed by atoms with E-state index >= 15 is 0 Å². The molecule has 0 amide bonds. The Kier molecular flexibility index (Phi) is 8.13. The summed E-state index contributed by atoms with van der Waals surface area (Å²) in [4.78, 5) is 11.9. The molecule has 4 aliphatic carbocycles. The summed E-state index contributed by atoms with van der Waals surface area (Å²) in [5.41, 5.74) is 4.93. The van der Waals surface area contributed by atoms with Gasteiger partial charge in [0.25, 0.3) is 10.1 Å². The molecule has 0 aromatic carbocycles. The highest BCUT2D eigenvalue weighted by molar-refractivity contribution is 7.86. The van der Waals surface area contributed by atoms with Gasteiger partial charge in [0.1, 0.15) is 6.10 Å². The topological polar surface area (TPSA) is 69.7 Å². The number of carbonyl (C=O) groups excluding carboxylic acids is 1. The zero-order chi connectivity index (χ0) is 29.2. The Morgan fingerprint density at radius 3 is 2.23 bits per heavy atom. The number of hydrogen-bond acceptors (Lipinski definition) is 5. The van der Waals surface area contributed by atoms with Crippen LogP contribution in [0, 0.1) is 39.4 Å². The number of hydrogen-bond donors (Lipinski definition) is 0. The van der Waals surface area contributed by atoms with Gasteiger partial charge in [0, 0.05) is 12.3 Å². The molecule has 4 aliphatic rings. The van der Waals surface area contributed by atoms with Gasteiger partial charge in [-0.25, -0.2) is 0 Å². The van der Waals surface area contributed by atoms with Crippen molar-refractivity contribution < 1.29 is 22.1 Å². The van der Waals surface area contributed by atoms with Gasteiger partial charge in [0.2, 0.25) is 0 Å². The van der Waals surface area contributed by atoms with Gasteiger partial charge in [-0.05, 0) is 106 Å². The fourth-order valence-corrected chi connectivity index (χ4v) is 10.8. The quantitative estimate of drug-likeness (QED) is 0.179. The lowest BCUT2D eigenvalue weighted by Crippen LogP contribution is -2.56. The molecule has 0 bridgehead atoms. The Balaban J connectivity index is 1.67. The van der Waals surface area contributed by atoms with Gasteiger partial charge >= 0.3 is 5.97 Å². The third-order valence-corrected chi connectivity index (χ3v) is 12.9. The standard InChI is InChI=1S/C33H54O5S/c1-21(2)11-13-27(38-39(10,35)36)22(3)24-15-19-33(9)26-12-14-28-30(5,6)29(37-23(4)34)17-18-31(28,7)25(26)16-20-32(24,33)8/h11,22,24,27-29H,12-20H2,1-10H3/t22-,24+,27-,28-,29-,31+,32+,33-/m0/s1. The van der Waals surface area contributed by atoms with Crippen molar-refractivity contribution in [1.82, 2.24) is 0 Å². The third kappa shape index (κ3) is 5.19. The second-order valence-corrected chi connectivity index (χ2v) is 16.6. The predicted octanol–water partition coefficient (Wildman–Crippen LogP) is 8.00. The second-order valence-electron chi connectivity index (χ2n) is 15.0. The molecule has 39 heavy (non-hydrogen) atoms. The van der Waals surface area contributed by atoms with Crippen LogP contribution in [-0.4, -0.2) is 32.9 Å². The van der Waals surface area contributed by atoms with Gasteiger partial charge in [-0.3, -0.25) is 8.98 Å². The maximum atomic E-state index is 12.2. The van der Waals surface area contributed by atoms with E-state index in [-0.39, 0.29) is 45.8 Å². The Labute approximate surface area is 238 Å². The molecule has 0 unspecified atom stereocenters. The summed E-state index contributed by atoms with van der Waals surface area (Å²) >= 11 is 0. The summed E-state index contributed by atoms with van der Waals surface area (Å²) in [5, 5.41) is 0. The van der Waals surface area contributed by atoms with Crippen LogP contribution in [0.15, 0.2) is 22.8 Å². The van der Waals surface area contributed by atoms with Gasteiger partial charge in [0.15, 0.2) is 0 Å². The zero-order valence-electron chi connectivity index (χ0n) is 26.3. The van der Waals surface area contributed by atoms with Crippen LogP contribution in [0.4, 0.5) is 0 Å². The van der Waals surface area contributed by atoms with Crippen LogP contribution >= 0.6 is 0 Å². The number of ether oxygens (including phenoxy) is 1. The molecule has 6 heteroatoms. The first-order chi connectivity index (χ1) is 17.9. The van der Waals surface area contributed by atoms with E-state index < -0.39 is 10.1 Å². The summed E-state index contributed by atoms with van der Waals surface area (Å²) < 4.78 is 36.1. The lowest BCUT2D eigenvalue weighted by atomic mass is 9.43. The minimum atomic E-state index is -3.54. The number of carbonyl (C=O) groups is 1. The molecule has 5 nitrogen and oxygen atoms in total. The first kappa shape index (κ1) is 30.8. The molecule has 4 rings (SSSR count). The van der Waals surface area contributed by atoms with E-state index in [0.29, 0.717) is 18.3 Å². The number of fused-ring (bicyclic) bond motifs is 4. The van der Waals surface area contributed by atoms with Crippen LogP contribution in [0.25, 0.3) is 0 Å². The molecule has 0 aromatic heterocycles. The molecular formula is C33H54O5S. The van der Waals surface area contributed by atoms with Crippen molar-refractivity contribution in [3.8, 4) is 0 Å². The summed E-state index contributed by atoms with van der Waals surface area (Å²) in [6.07, 6.45) is 12.4. The molecule has 2 fully saturated rings. The molecule has 0 radical (unpaired) electrons. The Bertz CT molecular complexity index is 1140. The van der Waals surface area contributed by atoms with E-state index in [1.165, 1.54) is 18.8 Å². The Morgan fingerprint density at radius 2 is 1.64 bits per heavy atom.